The molecule has 1 aromatic carbocycles. The van der Waals surface area contributed by atoms with E-state index in [1.165, 1.54) is 0 Å². The molecule has 124 valence electrons. The predicted octanol–water partition coefficient (Wildman–Crippen LogP) is 1.75. The third-order valence-corrected chi connectivity index (χ3v) is 4.92. The van der Waals surface area contributed by atoms with E-state index >= 15 is 0 Å². The number of amides is 2. The predicted molar refractivity (Wildman–Crippen MR) is 87.2 cm³/mol. The Morgan fingerprint density at radius 2 is 2.17 bits per heavy atom. The Labute approximate surface area is 137 Å². The van der Waals surface area contributed by atoms with Crippen molar-refractivity contribution < 1.29 is 14.3 Å². The van der Waals surface area contributed by atoms with E-state index in [0.717, 1.165) is 37.1 Å². The smallest absolute Gasteiger partial charge is 0.227 e. The van der Waals surface area contributed by atoms with E-state index in [4.69, 9.17) is 4.74 Å². The second-order valence-electron chi connectivity index (χ2n) is 6.38. The van der Waals surface area contributed by atoms with Crippen LogP contribution in [0.5, 0.6) is 5.75 Å². The molecule has 0 radical (unpaired) electrons. The molecule has 2 atom stereocenters. The second kappa shape index (κ2) is 7.02. The molecule has 5 nitrogen and oxygen atoms in total. The average molecular weight is 316 g/mol. The van der Waals surface area contributed by atoms with Crippen LogP contribution in [-0.4, -0.2) is 43.0 Å². The maximum absolute atomic E-state index is 12.8. The van der Waals surface area contributed by atoms with Crippen molar-refractivity contribution in [3.63, 3.8) is 0 Å². The lowest BCUT2D eigenvalue weighted by Gasteiger charge is -2.31. The maximum atomic E-state index is 12.8. The fourth-order valence-electron chi connectivity index (χ4n) is 3.64. The normalized spacial score (nSPS) is 24.4. The maximum Gasteiger partial charge on any atom is 0.227 e. The Kier molecular flexibility index (Phi) is 4.84. The zero-order valence-electron chi connectivity index (χ0n) is 13.6. The van der Waals surface area contributed by atoms with Gasteiger partial charge in [-0.3, -0.25) is 9.59 Å². The number of carbonyl (C=O) groups is 2. The summed E-state index contributed by atoms with van der Waals surface area (Å²) in [6, 6.07) is 8.24. The van der Waals surface area contributed by atoms with Gasteiger partial charge in [-0.05, 0) is 37.3 Å². The van der Waals surface area contributed by atoms with E-state index in [1.807, 2.05) is 23.1 Å². The average Bonchev–Trinajstić information content (AvgIpc) is 3.03. The molecule has 0 aliphatic carbocycles. The summed E-state index contributed by atoms with van der Waals surface area (Å²) in [5.74, 6) is 1.08. The first-order chi connectivity index (χ1) is 11.2. The van der Waals surface area contributed by atoms with Gasteiger partial charge >= 0.3 is 0 Å². The molecule has 0 unspecified atom stereocenters. The van der Waals surface area contributed by atoms with E-state index in [-0.39, 0.29) is 23.8 Å². The van der Waals surface area contributed by atoms with Crippen molar-refractivity contribution in [2.75, 3.05) is 20.2 Å². The summed E-state index contributed by atoms with van der Waals surface area (Å²) in [6.07, 6.45) is 4.03. The summed E-state index contributed by atoms with van der Waals surface area (Å²) in [4.78, 5) is 26.1. The lowest BCUT2D eigenvalue weighted by atomic mass is 9.96. The highest BCUT2D eigenvalue weighted by atomic mass is 16.5. The van der Waals surface area contributed by atoms with E-state index in [1.54, 1.807) is 7.11 Å². The Bertz CT molecular complexity index is 577. The minimum Gasteiger partial charge on any atom is -0.496 e. The first kappa shape index (κ1) is 15.8. The van der Waals surface area contributed by atoms with Crippen LogP contribution in [0, 0.1) is 5.92 Å². The summed E-state index contributed by atoms with van der Waals surface area (Å²) >= 11 is 0. The number of ether oxygens (including phenoxy) is 1. The molecular formula is C18H24N2O3. The molecule has 23 heavy (non-hydrogen) atoms. The first-order valence-electron chi connectivity index (χ1n) is 8.38. The number of hydrogen-bond acceptors (Lipinski definition) is 3. The molecular weight excluding hydrogens is 292 g/mol. The van der Waals surface area contributed by atoms with Gasteiger partial charge in [-0.15, -0.1) is 0 Å². The summed E-state index contributed by atoms with van der Waals surface area (Å²) in [5.41, 5.74) is 1.15. The zero-order chi connectivity index (χ0) is 16.2. The summed E-state index contributed by atoms with van der Waals surface area (Å²) < 4.78 is 5.43. The molecule has 0 bridgehead atoms. The van der Waals surface area contributed by atoms with Crippen molar-refractivity contribution in [3.05, 3.63) is 29.8 Å². The van der Waals surface area contributed by atoms with Crippen LogP contribution in [0.3, 0.4) is 0 Å². The highest BCUT2D eigenvalue weighted by Gasteiger charge is 2.34. The SMILES string of the molecule is COc1ccccc1C[C@H]1CCCN1C(=O)[C@@H]1CCC(=O)NC1. The lowest BCUT2D eigenvalue weighted by molar-refractivity contribution is -0.138. The molecule has 1 N–H and O–H groups in total. The van der Waals surface area contributed by atoms with Gasteiger partial charge in [-0.25, -0.2) is 0 Å². The van der Waals surface area contributed by atoms with Gasteiger partial charge in [-0.2, -0.15) is 0 Å². The first-order valence-corrected chi connectivity index (χ1v) is 8.38. The largest absolute Gasteiger partial charge is 0.496 e. The van der Waals surface area contributed by atoms with Gasteiger partial charge in [0.2, 0.25) is 11.8 Å². The van der Waals surface area contributed by atoms with Crippen molar-refractivity contribution in [2.24, 2.45) is 5.92 Å². The van der Waals surface area contributed by atoms with Gasteiger partial charge < -0.3 is 15.0 Å². The standard InChI is InChI=1S/C18H24N2O3/c1-23-16-7-3-2-5-13(16)11-15-6-4-10-20(15)18(22)14-8-9-17(21)19-12-14/h2-3,5,7,14-15H,4,6,8-12H2,1H3,(H,19,21)/t14-,15-/m1/s1. The molecule has 0 spiro atoms. The Morgan fingerprint density at radius 3 is 2.91 bits per heavy atom. The molecule has 2 heterocycles. The number of piperidine rings is 1. The van der Waals surface area contributed by atoms with Crippen molar-refractivity contribution in [1.29, 1.82) is 0 Å². The van der Waals surface area contributed by atoms with Crippen LogP contribution < -0.4 is 10.1 Å². The highest BCUT2D eigenvalue weighted by Crippen LogP contribution is 2.28. The Hall–Kier alpha value is -2.04. The van der Waals surface area contributed by atoms with Crippen molar-refractivity contribution in [2.45, 2.75) is 38.1 Å². The van der Waals surface area contributed by atoms with E-state index < -0.39 is 0 Å². The number of hydrogen-bond donors (Lipinski definition) is 1. The van der Waals surface area contributed by atoms with Crippen LogP contribution in [0.1, 0.15) is 31.2 Å². The van der Waals surface area contributed by atoms with Crippen LogP contribution in [0.15, 0.2) is 24.3 Å². The number of carbonyl (C=O) groups excluding carboxylic acids is 2. The van der Waals surface area contributed by atoms with Crippen LogP contribution in [0.2, 0.25) is 0 Å². The van der Waals surface area contributed by atoms with Gasteiger partial charge in [0, 0.05) is 25.6 Å². The van der Waals surface area contributed by atoms with Gasteiger partial charge in [-0.1, -0.05) is 18.2 Å². The van der Waals surface area contributed by atoms with Gasteiger partial charge in [0.15, 0.2) is 0 Å². The van der Waals surface area contributed by atoms with Gasteiger partial charge in [0.05, 0.1) is 13.0 Å². The topological polar surface area (TPSA) is 58.6 Å². The molecule has 2 aliphatic rings. The number of nitrogens with zero attached hydrogens (tertiary/aromatic N) is 1. The minimum absolute atomic E-state index is 0.0565. The van der Waals surface area contributed by atoms with Crippen LogP contribution >= 0.6 is 0 Å². The lowest BCUT2D eigenvalue weighted by Crippen LogP contribution is -2.46. The van der Waals surface area contributed by atoms with Gasteiger partial charge in [0.1, 0.15) is 5.75 Å². The fraction of sp³-hybridized carbons (Fsp3) is 0.556. The van der Waals surface area contributed by atoms with E-state index in [0.29, 0.717) is 19.4 Å². The molecule has 0 saturated carbocycles. The molecule has 2 amide bonds. The van der Waals surface area contributed by atoms with Crippen molar-refractivity contribution in [1.82, 2.24) is 10.2 Å². The summed E-state index contributed by atoms with van der Waals surface area (Å²) in [6.45, 7) is 1.30. The zero-order valence-corrected chi connectivity index (χ0v) is 13.6. The molecule has 2 aliphatic heterocycles. The number of benzene rings is 1. The summed E-state index contributed by atoms with van der Waals surface area (Å²) in [5, 5.41) is 2.81. The third-order valence-electron chi connectivity index (χ3n) is 4.92. The van der Waals surface area contributed by atoms with Crippen molar-refractivity contribution in [3.8, 4) is 5.75 Å². The van der Waals surface area contributed by atoms with Crippen LogP contribution in [0.25, 0.3) is 0 Å². The van der Waals surface area contributed by atoms with Gasteiger partial charge in [0.25, 0.3) is 0 Å². The monoisotopic (exact) mass is 316 g/mol. The molecule has 0 aromatic heterocycles. The number of para-hydroxylation sites is 1. The van der Waals surface area contributed by atoms with Crippen LogP contribution in [0.4, 0.5) is 0 Å². The summed E-state index contributed by atoms with van der Waals surface area (Å²) in [7, 11) is 1.68. The number of methoxy groups -OCH3 is 1. The second-order valence-corrected chi connectivity index (χ2v) is 6.38. The molecule has 5 heteroatoms. The highest BCUT2D eigenvalue weighted by molar-refractivity contribution is 5.84. The fourth-order valence-corrected chi connectivity index (χ4v) is 3.64. The van der Waals surface area contributed by atoms with Crippen LogP contribution in [-0.2, 0) is 16.0 Å². The number of nitrogens with one attached hydrogen (secondary N) is 1. The van der Waals surface area contributed by atoms with E-state index in [9.17, 15) is 9.59 Å². The molecule has 1 aromatic rings. The number of likely N-dealkylation sites (tertiary alicyclic amines) is 1. The molecule has 2 fully saturated rings. The Morgan fingerprint density at radius 1 is 1.35 bits per heavy atom. The third kappa shape index (κ3) is 3.49. The molecule has 3 rings (SSSR count). The Balaban J connectivity index is 1.67. The molecule has 2 saturated heterocycles. The number of rotatable bonds is 4. The van der Waals surface area contributed by atoms with Crippen molar-refractivity contribution >= 4 is 11.8 Å². The minimum atomic E-state index is -0.0639. The quantitative estimate of drug-likeness (QED) is 0.921. The van der Waals surface area contributed by atoms with E-state index in [2.05, 4.69) is 11.4 Å².